The molecule has 1 spiro atoms. The molecule has 14 heavy (non-hydrogen) atoms. The second-order valence-corrected chi connectivity index (χ2v) is 5.92. The lowest BCUT2D eigenvalue weighted by Crippen LogP contribution is -2.47. The van der Waals surface area contributed by atoms with E-state index < -0.39 is 18.5 Å². The van der Waals surface area contributed by atoms with Crippen LogP contribution in [-0.2, 0) is 23.1 Å². The SMILES string of the molecule is O=C1OCC2(CO1)COP(=O)(Cl)OC2. The Morgan fingerprint density at radius 2 is 1.64 bits per heavy atom. The van der Waals surface area contributed by atoms with Gasteiger partial charge < -0.3 is 9.47 Å². The molecule has 0 bridgehead atoms. The summed E-state index contributed by atoms with van der Waals surface area (Å²) in [6.07, 6.45) is -0.713. The first-order chi connectivity index (χ1) is 6.52. The van der Waals surface area contributed by atoms with E-state index in [0.717, 1.165) is 0 Å². The van der Waals surface area contributed by atoms with Gasteiger partial charge in [0.1, 0.15) is 13.2 Å². The van der Waals surface area contributed by atoms with Gasteiger partial charge in [0.25, 0.3) is 0 Å². The van der Waals surface area contributed by atoms with Gasteiger partial charge in [-0.3, -0.25) is 9.05 Å². The van der Waals surface area contributed by atoms with Crippen molar-refractivity contribution in [3.8, 4) is 0 Å². The van der Waals surface area contributed by atoms with Gasteiger partial charge in [-0.25, -0.2) is 9.36 Å². The minimum Gasteiger partial charge on any atom is -0.433 e. The molecule has 0 atom stereocenters. The molecule has 0 aromatic carbocycles. The number of ether oxygens (including phenoxy) is 2. The van der Waals surface area contributed by atoms with Gasteiger partial charge in [0, 0.05) is 11.2 Å². The highest BCUT2D eigenvalue weighted by atomic mass is 35.7. The summed E-state index contributed by atoms with van der Waals surface area (Å²) in [6.45, 7) is -2.97. The van der Waals surface area contributed by atoms with Crippen LogP contribution in [0.5, 0.6) is 0 Å². The maximum absolute atomic E-state index is 11.1. The van der Waals surface area contributed by atoms with E-state index in [-0.39, 0.29) is 26.4 Å². The van der Waals surface area contributed by atoms with Crippen LogP contribution in [0.4, 0.5) is 4.79 Å². The molecule has 0 saturated carbocycles. The highest BCUT2D eigenvalue weighted by Gasteiger charge is 2.46. The van der Waals surface area contributed by atoms with E-state index in [1.165, 1.54) is 0 Å². The van der Waals surface area contributed by atoms with E-state index in [1.54, 1.807) is 0 Å². The Hall–Kier alpha value is -0.290. The number of carbonyl (C=O) groups excluding carboxylic acids is 1. The molecule has 0 aliphatic carbocycles. The number of halogens is 1. The van der Waals surface area contributed by atoms with E-state index in [0.29, 0.717) is 0 Å². The molecule has 0 unspecified atom stereocenters. The monoisotopic (exact) mass is 242 g/mol. The van der Waals surface area contributed by atoms with Crippen molar-refractivity contribution < 1.29 is 27.9 Å². The first kappa shape index (κ1) is 10.2. The van der Waals surface area contributed by atoms with E-state index in [2.05, 4.69) is 9.47 Å². The quantitative estimate of drug-likeness (QED) is 0.474. The molecule has 2 heterocycles. The van der Waals surface area contributed by atoms with Crippen LogP contribution >= 0.6 is 18.2 Å². The zero-order chi connectivity index (χ0) is 10.2. The zero-order valence-electron chi connectivity index (χ0n) is 7.10. The molecule has 2 rings (SSSR count). The number of hydrogen-bond donors (Lipinski definition) is 0. The van der Waals surface area contributed by atoms with Crippen LogP contribution in [0.3, 0.4) is 0 Å². The fourth-order valence-corrected chi connectivity index (χ4v) is 2.40. The van der Waals surface area contributed by atoms with Crippen LogP contribution in [0.1, 0.15) is 0 Å². The van der Waals surface area contributed by atoms with Gasteiger partial charge in [-0.15, -0.1) is 0 Å². The summed E-state index contributed by atoms with van der Waals surface area (Å²) in [6, 6.07) is 0. The van der Waals surface area contributed by atoms with Gasteiger partial charge in [0.05, 0.1) is 18.6 Å². The van der Waals surface area contributed by atoms with E-state index in [9.17, 15) is 9.36 Å². The van der Waals surface area contributed by atoms with E-state index >= 15 is 0 Å². The molecule has 0 amide bonds. The van der Waals surface area contributed by atoms with Crippen LogP contribution < -0.4 is 0 Å². The lowest BCUT2D eigenvalue weighted by Gasteiger charge is -2.38. The van der Waals surface area contributed by atoms with Crippen molar-refractivity contribution in [1.29, 1.82) is 0 Å². The van der Waals surface area contributed by atoms with Gasteiger partial charge in [0.15, 0.2) is 0 Å². The highest BCUT2D eigenvalue weighted by molar-refractivity contribution is 7.81. The number of rotatable bonds is 0. The molecule has 2 aliphatic heterocycles. The Balaban J connectivity index is 1.99. The summed E-state index contributed by atoms with van der Waals surface area (Å²) in [7, 11) is 0. The second-order valence-electron chi connectivity index (χ2n) is 3.30. The predicted molar refractivity (Wildman–Crippen MR) is 45.1 cm³/mol. The van der Waals surface area contributed by atoms with Crippen LogP contribution in [0.15, 0.2) is 0 Å². The third kappa shape index (κ3) is 2.03. The van der Waals surface area contributed by atoms with Crippen molar-refractivity contribution in [1.82, 2.24) is 0 Å². The van der Waals surface area contributed by atoms with Crippen LogP contribution in [-0.4, -0.2) is 32.6 Å². The average Bonchev–Trinajstić information content (AvgIpc) is 2.16. The van der Waals surface area contributed by atoms with Crippen molar-refractivity contribution in [3.63, 3.8) is 0 Å². The molecular formula is C6H8ClO6P. The molecular weight excluding hydrogens is 234 g/mol. The molecule has 2 aliphatic rings. The topological polar surface area (TPSA) is 71.1 Å². The molecule has 0 radical (unpaired) electrons. The fraction of sp³-hybridized carbons (Fsp3) is 0.833. The average molecular weight is 243 g/mol. The number of hydrogen-bond acceptors (Lipinski definition) is 6. The lowest BCUT2D eigenvalue weighted by molar-refractivity contribution is -0.108. The van der Waals surface area contributed by atoms with Gasteiger partial charge in [-0.2, -0.15) is 0 Å². The summed E-state index contributed by atoms with van der Waals surface area (Å²) in [5, 5.41) is 0. The summed E-state index contributed by atoms with van der Waals surface area (Å²) in [5.74, 6) is 0. The Morgan fingerprint density at radius 1 is 1.14 bits per heavy atom. The smallest absolute Gasteiger partial charge is 0.433 e. The summed E-state index contributed by atoms with van der Waals surface area (Å²) >= 11 is 5.37. The molecule has 6 nitrogen and oxygen atoms in total. The minimum atomic E-state index is -3.42. The predicted octanol–water partition coefficient (Wildman–Crippen LogP) is 1.53. The number of cyclic esters (lactones) is 2. The molecule has 0 N–H and O–H groups in total. The van der Waals surface area contributed by atoms with E-state index in [1.807, 2.05) is 0 Å². The summed E-state index contributed by atoms with van der Waals surface area (Å²) in [5.41, 5.74) is -0.573. The second kappa shape index (κ2) is 3.38. The van der Waals surface area contributed by atoms with Crippen LogP contribution in [0, 0.1) is 5.41 Å². The van der Waals surface area contributed by atoms with Crippen molar-refractivity contribution in [2.45, 2.75) is 0 Å². The first-order valence-electron chi connectivity index (χ1n) is 3.90. The molecule has 0 aromatic rings. The van der Waals surface area contributed by atoms with E-state index in [4.69, 9.17) is 20.3 Å². The Morgan fingerprint density at radius 3 is 2.14 bits per heavy atom. The summed E-state index contributed by atoms with van der Waals surface area (Å²) < 4.78 is 30.1. The highest BCUT2D eigenvalue weighted by Crippen LogP contribution is 2.58. The zero-order valence-corrected chi connectivity index (χ0v) is 8.75. The van der Waals surface area contributed by atoms with Crippen LogP contribution in [0.2, 0.25) is 0 Å². The van der Waals surface area contributed by atoms with Gasteiger partial charge in [0.2, 0.25) is 0 Å². The Labute approximate surface area is 84.7 Å². The van der Waals surface area contributed by atoms with Gasteiger partial charge in [-0.05, 0) is 0 Å². The van der Waals surface area contributed by atoms with Crippen molar-refractivity contribution in [2.75, 3.05) is 26.4 Å². The third-order valence-corrected chi connectivity index (χ3v) is 3.50. The van der Waals surface area contributed by atoms with Crippen molar-refractivity contribution in [2.24, 2.45) is 5.41 Å². The van der Waals surface area contributed by atoms with Gasteiger partial charge in [-0.1, -0.05) is 0 Å². The molecule has 8 heteroatoms. The van der Waals surface area contributed by atoms with Crippen molar-refractivity contribution >= 4 is 24.3 Å². The van der Waals surface area contributed by atoms with Gasteiger partial charge >= 0.3 is 13.1 Å². The molecule has 2 fully saturated rings. The molecule has 2 saturated heterocycles. The minimum absolute atomic E-state index is 0.0983. The first-order valence-corrected chi connectivity index (χ1v) is 6.35. The molecule has 0 aromatic heterocycles. The fourth-order valence-electron chi connectivity index (χ4n) is 1.18. The Kier molecular flexibility index (Phi) is 2.47. The normalized spacial score (nSPS) is 29.4. The number of carbonyl (C=O) groups is 1. The maximum atomic E-state index is 11.1. The maximum Gasteiger partial charge on any atom is 0.508 e. The summed E-state index contributed by atoms with van der Waals surface area (Å²) in [4.78, 5) is 10.6. The lowest BCUT2D eigenvalue weighted by atomic mass is 9.92. The third-order valence-electron chi connectivity index (χ3n) is 2.04. The molecule has 80 valence electrons. The standard InChI is InChI=1S/C6H8ClO6P/c7-14(9)12-3-6(4-13-14)1-10-5(8)11-2-6/h1-4H2. The Bertz CT molecular complexity index is 281. The largest absolute Gasteiger partial charge is 0.508 e. The van der Waals surface area contributed by atoms with Crippen molar-refractivity contribution in [3.05, 3.63) is 0 Å². The van der Waals surface area contributed by atoms with Crippen LogP contribution in [0.25, 0.3) is 0 Å².